The highest BCUT2D eigenvalue weighted by Crippen LogP contribution is 2.11. The maximum atomic E-state index is 12.2. The van der Waals surface area contributed by atoms with E-state index in [9.17, 15) is 13.6 Å². The number of halogens is 2. The number of hydrogen-bond acceptors (Lipinski definition) is 2. The maximum absolute atomic E-state index is 12.2. The van der Waals surface area contributed by atoms with E-state index in [1.54, 1.807) is 0 Å². The summed E-state index contributed by atoms with van der Waals surface area (Å²) in [6, 6.07) is 0. The first-order valence-corrected chi connectivity index (χ1v) is 3.48. The molecule has 0 aliphatic rings. The first-order valence-electron chi connectivity index (χ1n) is 3.48. The van der Waals surface area contributed by atoms with E-state index >= 15 is 0 Å². The molecule has 13 heavy (non-hydrogen) atoms. The van der Waals surface area contributed by atoms with Crippen molar-refractivity contribution in [2.75, 3.05) is 0 Å². The van der Waals surface area contributed by atoms with Gasteiger partial charge in [0.25, 0.3) is 12.0 Å². The van der Waals surface area contributed by atoms with Crippen LogP contribution in [0, 0.1) is 0 Å². The highest BCUT2D eigenvalue weighted by Gasteiger charge is 2.13. The monoisotopic (exact) mass is 186 g/mol. The SMILES string of the molecule is C=c1nc(C(F)F)n(C)c(=O)c1=C. The molecule has 0 saturated heterocycles. The Hall–Kier alpha value is -1.52. The molecule has 70 valence electrons. The van der Waals surface area contributed by atoms with E-state index in [0.29, 0.717) is 0 Å². The standard InChI is InChI=1S/C8H8F2N2O/c1-4-5(2)11-7(6(9)10)12(3)8(4)13/h6H,1-2H2,3H3. The zero-order valence-electron chi connectivity index (χ0n) is 7.05. The zero-order chi connectivity index (χ0) is 10.2. The molecule has 3 nitrogen and oxygen atoms in total. The molecule has 0 radical (unpaired) electrons. The van der Waals surface area contributed by atoms with Gasteiger partial charge in [0.05, 0.1) is 10.6 Å². The number of nitrogens with zero attached hydrogens (tertiary/aromatic N) is 2. The molecule has 0 aliphatic carbocycles. The second kappa shape index (κ2) is 3.08. The van der Waals surface area contributed by atoms with Crippen LogP contribution in [0.15, 0.2) is 4.79 Å². The first kappa shape index (κ1) is 9.57. The molecule has 0 aromatic carbocycles. The molecule has 5 heteroatoms. The molecule has 0 spiro atoms. The Labute approximate surface area is 72.7 Å². The van der Waals surface area contributed by atoms with Crippen LogP contribution in [-0.4, -0.2) is 9.55 Å². The second-order valence-corrected chi connectivity index (χ2v) is 2.56. The van der Waals surface area contributed by atoms with E-state index in [1.807, 2.05) is 0 Å². The van der Waals surface area contributed by atoms with Crippen molar-refractivity contribution >= 4 is 13.2 Å². The predicted molar refractivity (Wildman–Crippen MR) is 44.7 cm³/mol. The van der Waals surface area contributed by atoms with Crippen LogP contribution in [0.25, 0.3) is 13.2 Å². The third kappa shape index (κ3) is 1.49. The lowest BCUT2D eigenvalue weighted by atomic mass is 10.4. The second-order valence-electron chi connectivity index (χ2n) is 2.56. The molecular weight excluding hydrogens is 178 g/mol. The summed E-state index contributed by atoms with van der Waals surface area (Å²) in [6.07, 6.45) is -2.78. The van der Waals surface area contributed by atoms with E-state index in [-0.39, 0.29) is 10.6 Å². The summed E-state index contributed by atoms with van der Waals surface area (Å²) in [6.45, 7) is 6.72. The highest BCUT2D eigenvalue weighted by molar-refractivity contribution is 5.09. The lowest BCUT2D eigenvalue weighted by molar-refractivity contribution is 0.134. The first-order chi connectivity index (χ1) is 5.95. The van der Waals surface area contributed by atoms with Crippen LogP contribution in [0.1, 0.15) is 12.2 Å². The molecule has 0 amide bonds. The van der Waals surface area contributed by atoms with Crippen molar-refractivity contribution in [3.05, 3.63) is 26.7 Å². The van der Waals surface area contributed by atoms with E-state index in [1.165, 1.54) is 7.05 Å². The Morgan fingerprint density at radius 3 is 2.46 bits per heavy atom. The number of hydrogen-bond donors (Lipinski definition) is 0. The normalized spacial score (nSPS) is 10.8. The number of rotatable bonds is 1. The molecule has 1 heterocycles. The van der Waals surface area contributed by atoms with Gasteiger partial charge >= 0.3 is 0 Å². The fourth-order valence-corrected chi connectivity index (χ4v) is 0.906. The molecule has 0 atom stereocenters. The Kier molecular flexibility index (Phi) is 2.27. The minimum atomic E-state index is -2.78. The molecule has 0 bridgehead atoms. The van der Waals surface area contributed by atoms with Crippen LogP contribution in [0.5, 0.6) is 0 Å². The smallest absolute Gasteiger partial charge is 0.294 e. The lowest BCUT2D eigenvalue weighted by Gasteiger charge is -2.04. The lowest BCUT2D eigenvalue weighted by Crippen LogP contribution is -2.46. The summed E-state index contributed by atoms with van der Waals surface area (Å²) in [5.74, 6) is -0.581. The van der Waals surface area contributed by atoms with Gasteiger partial charge in [-0.05, 0) is 0 Å². The van der Waals surface area contributed by atoms with Gasteiger partial charge in [-0.3, -0.25) is 9.36 Å². The van der Waals surface area contributed by atoms with Crippen molar-refractivity contribution in [2.24, 2.45) is 7.05 Å². The van der Waals surface area contributed by atoms with Gasteiger partial charge in [-0.2, -0.15) is 0 Å². The summed E-state index contributed by atoms with van der Waals surface area (Å²) in [5.41, 5.74) is -0.588. The predicted octanol–water partition coefficient (Wildman–Crippen LogP) is -0.462. The summed E-state index contributed by atoms with van der Waals surface area (Å²) in [7, 11) is 1.23. The van der Waals surface area contributed by atoms with Gasteiger partial charge in [0, 0.05) is 7.05 Å². The molecule has 0 fully saturated rings. The molecule has 0 aliphatic heterocycles. The fourth-order valence-electron chi connectivity index (χ4n) is 0.906. The van der Waals surface area contributed by atoms with Crippen molar-refractivity contribution in [1.29, 1.82) is 0 Å². The quantitative estimate of drug-likeness (QED) is 0.594. The van der Waals surface area contributed by atoms with E-state index in [0.717, 1.165) is 4.57 Å². The van der Waals surface area contributed by atoms with Gasteiger partial charge in [0.1, 0.15) is 0 Å². The van der Waals surface area contributed by atoms with Crippen molar-refractivity contribution in [2.45, 2.75) is 6.43 Å². The molecule has 1 rings (SSSR count). The Morgan fingerprint density at radius 2 is 2.00 bits per heavy atom. The largest absolute Gasteiger partial charge is 0.295 e. The minimum absolute atomic E-state index is 0.00148. The number of aromatic nitrogens is 2. The molecular formula is C8H8F2N2O. The van der Waals surface area contributed by atoms with E-state index in [4.69, 9.17) is 0 Å². The van der Waals surface area contributed by atoms with Gasteiger partial charge < -0.3 is 0 Å². The molecule has 1 aromatic heterocycles. The maximum Gasteiger partial charge on any atom is 0.295 e. The third-order valence-electron chi connectivity index (χ3n) is 1.70. The van der Waals surface area contributed by atoms with Crippen molar-refractivity contribution in [1.82, 2.24) is 9.55 Å². The van der Waals surface area contributed by atoms with Crippen molar-refractivity contribution in [3.63, 3.8) is 0 Å². The Balaban J connectivity index is 3.71. The van der Waals surface area contributed by atoms with Crippen molar-refractivity contribution in [3.8, 4) is 0 Å². The van der Waals surface area contributed by atoms with E-state index in [2.05, 4.69) is 18.1 Å². The van der Waals surface area contributed by atoms with Gasteiger partial charge in [0.15, 0.2) is 5.82 Å². The Bertz CT molecular complexity index is 478. The molecule has 0 saturated carbocycles. The zero-order valence-corrected chi connectivity index (χ0v) is 7.05. The molecule has 1 aromatic rings. The topological polar surface area (TPSA) is 34.9 Å². The summed E-state index contributed by atoms with van der Waals surface area (Å²) in [4.78, 5) is 14.7. The molecule has 0 N–H and O–H groups in total. The van der Waals surface area contributed by atoms with Crippen molar-refractivity contribution < 1.29 is 8.78 Å². The van der Waals surface area contributed by atoms with Crippen LogP contribution in [0.2, 0.25) is 0 Å². The summed E-state index contributed by atoms with van der Waals surface area (Å²) >= 11 is 0. The van der Waals surface area contributed by atoms with Gasteiger partial charge in [0.2, 0.25) is 0 Å². The van der Waals surface area contributed by atoms with Gasteiger partial charge in [-0.25, -0.2) is 13.8 Å². The average molecular weight is 186 g/mol. The minimum Gasteiger partial charge on any atom is -0.294 e. The summed E-state index contributed by atoms with van der Waals surface area (Å²) < 4.78 is 25.3. The van der Waals surface area contributed by atoms with E-state index < -0.39 is 17.8 Å². The Morgan fingerprint density at radius 1 is 1.46 bits per heavy atom. The van der Waals surface area contributed by atoms with Crippen LogP contribution in [0.3, 0.4) is 0 Å². The van der Waals surface area contributed by atoms with Crippen LogP contribution < -0.4 is 16.1 Å². The van der Waals surface area contributed by atoms with Gasteiger partial charge in [-0.15, -0.1) is 0 Å². The van der Waals surface area contributed by atoms with Crippen LogP contribution >= 0.6 is 0 Å². The third-order valence-corrected chi connectivity index (χ3v) is 1.70. The fraction of sp³-hybridized carbons (Fsp3) is 0.250. The van der Waals surface area contributed by atoms with Crippen LogP contribution in [-0.2, 0) is 7.05 Å². The average Bonchev–Trinajstić information content (AvgIpc) is 2.07. The van der Waals surface area contributed by atoms with Crippen LogP contribution in [0.4, 0.5) is 8.78 Å². The molecule has 0 unspecified atom stereocenters. The summed E-state index contributed by atoms with van der Waals surface area (Å²) in [5, 5.41) is 0.0466. The van der Waals surface area contributed by atoms with Gasteiger partial charge in [-0.1, -0.05) is 13.2 Å². The highest BCUT2D eigenvalue weighted by atomic mass is 19.3. The number of alkyl halides is 2.